The summed E-state index contributed by atoms with van der Waals surface area (Å²) in [6.45, 7) is 3.93. The molecule has 0 aromatic carbocycles. The lowest BCUT2D eigenvalue weighted by molar-refractivity contribution is -0.142. The van der Waals surface area contributed by atoms with Gasteiger partial charge in [0, 0.05) is 38.8 Å². The second-order valence-corrected chi connectivity index (χ2v) is 7.93. The predicted molar refractivity (Wildman–Crippen MR) is 92.1 cm³/mol. The van der Waals surface area contributed by atoms with E-state index < -0.39 is 0 Å². The molecule has 4 aliphatic rings. The van der Waals surface area contributed by atoms with Gasteiger partial charge in [0.25, 0.3) is 5.91 Å². The molecule has 1 N–H and O–H groups in total. The molecule has 4 rings (SSSR count). The van der Waals surface area contributed by atoms with E-state index in [1.165, 1.54) is 25.7 Å². The molecule has 4 atom stereocenters. The van der Waals surface area contributed by atoms with E-state index in [9.17, 15) is 4.79 Å². The summed E-state index contributed by atoms with van der Waals surface area (Å²) >= 11 is 5.62. The minimum Gasteiger partial charge on any atom is -0.368 e. The molecule has 0 spiro atoms. The van der Waals surface area contributed by atoms with Gasteiger partial charge in [0.2, 0.25) is 0 Å². The molecule has 2 saturated heterocycles. The number of hydrogen-bond acceptors (Lipinski definition) is 3. The van der Waals surface area contributed by atoms with Crippen molar-refractivity contribution in [3.63, 3.8) is 0 Å². The van der Waals surface area contributed by atoms with Crippen LogP contribution >= 0.6 is 12.2 Å². The molecule has 0 radical (unpaired) electrons. The Morgan fingerprint density at radius 3 is 2.43 bits per heavy atom. The number of ether oxygens (including phenoxy) is 1. The smallest absolute Gasteiger partial charge is 0.251 e. The first-order valence-electron chi connectivity index (χ1n) is 9.16. The summed E-state index contributed by atoms with van der Waals surface area (Å²) in [6.07, 6.45) is 7.16. The molecule has 2 bridgehead atoms. The number of hydrogen-bond donors (Lipinski definition) is 1. The third-order valence-corrected chi connectivity index (χ3v) is 6.51. The number of carbonyl (C=O) groups is 1. The molecule has 0 aromatic heterocycles. The summed E-state index contributed by atoms with van der Waals surface area (Å²) < 4.78 is 5.52. The van der Waals surface area contributed by atoms with Crippen LogP contribution in [0.5, 0.6) is 0 Å². The lowest BCUT2D eigenvalue weighted by Crippen LogP contribution is -2.56. The number of amides is 1. The average Bonchev–Trinajstić information content (AvgIpc) is 3.32. The molecule has 2 aliphatic carbocycles. The Labute approximate surface area is 143 Å². The van der Waals surface area contributed by atoms with E-state index in [4.69, 9.17) is 17.0 Å². The van der Waals surface area contributed by atoms with Crippen molar-refractivity contribution < 1.29 is 9.53 Å². The van der Waals surface area contributed by atoms with Crippen molar-refractivity contribution in [2.24, 2.45) is 11.8 Å². The maximum absolute atomic E-state index is 12.4. The van der Waals surface area contributed by atoms with E-state index in [-0.39, 0.29) is 12.0 Å². The predicted octanol–water partition coefficient (Wildman–Crippen LogP) is 1.37. The average molecular weight is 337 g/mol. The van der Waals surface area contributed by atoms with Crippen molar-refractivity contribution >= 4 is 23.2 Å². The fourth-order valence-electron chi connectivity index (χ4n) is 4.78. The quantitative estimate of drug-likeness (QED) is 0.771. The highest BCUT2D eigenvalue weighted by atomic mass is 32.1. The first-order chi connectivity index (χ1) is 11.2. The first-order valence-corrected chi connectivity index (χ1v) is 9.57. The van der Waals surface area contributed by atoms with Gasteiger partial charge in [-0.2, -0.15) is 0 Å². The van der Waals surface area contributed by atoms with E-state index in [1.807, 2.05) is 4.90 Å². The maximum Gasteiger partial charge on any atom is 0.251 e. The molecule has 2 heterocycles. The summed E-state index contributed by atoms with van der Waals surface area (Å²) in [4.78, 5) is 16.6. The van der Waals surface area contributed by atoms with E-state index in [1.54, 1.807) is 0 Å². The van der Waals surface area contributed by atoms with Crippen molar-refractivity contribution in [3.8, 4) is 0 Å². The molecule has 1 amide bonds. The Kier molecular flexibility index (Phi) is 4.46. The van der Waals surface area contributed by atoms with Crippen molar-refractivity contribution in [2.75, 3.05) is 32.8 Å². The van der Waals surface area contributed by atoms with Crippen LogP contribution in [0.25, 0.3) is 0 Å². The molecular formula is C17H27N3O2S. The van der Waals surface area contributed by atoms with Crippen molar-refractivity contribution in [1.82, 2.24) is 15.1 Å². The third-order valence-electron chi connectivity index (χ3n) is 6.13. The van der Waals surface area contributed by atoms with Crippen molar-refractivity contribution in [3.05, 3.63) is 0 Å². The Hall–Kier alpha value is -0.880. The lowest BCUT2D eigenvalue weighted by atomic mass is 9.95. The second kappa shape index (κ2) is 6.55. The number of nitrogens with one attached hydrogen (secondary N) is 1. The Morgan fingerprint density at radius 2 is 1.83 bits per heavy atom. The van der Waals surface area contributed by atoms with Gasteiger partial charge in [-0.15, -0.1) is 0 Å². The maximum atomic E-state index is 12.4. The zero-order valence-corrected chi connectivity index (χ0v) is 14.5. The summed E-state index contributed by atoms with van der Waals surface area (Å²) in [5, 5.41) is 4.50. The van der Waals surface area contributed by atoms with Gasteiger partial charge in [0.15, 0.2) is 5.11 Å². The number of rotatable bonds is 2. The highest BCUT2D eigenvalue weighted by molar-refractivity contribution is 7.80. The molecule has 0 aromatic rings. The molecule has 2 aliphatic heterocycles. The van der Waals surface area contributed by atoms with Crippen LogP contribution in [0.4, 0.5) is 0 Å². The molecule has 128 valence electrons. The SMILES string of the molecule is O=C([C@@H]1CCCO1)N1CCN(C(=S)N[C@H]2C[C@@H]3CC[C@@H]2C3)CC1. The van der Waals surface area contributed by atoms with E-state index in [2.05, 4.69) is 10.2 Å². The summed E-state index contributed by atoms with van der Waals surface area (Å²) in [7, 11) is 0. The van der Waals surface area contributed by atoms with E-state index in [0.717, 1.165) is 62.6 Å². The van der Waals surface area contributed by atoms with Crippen LogP contribution in [0.1, 0.15) is 38.5 Å². The Morgan fingerprint density at radius 1 is 1.04 bits per heavy atom. The molecular weight excluding hydrogens is 310 g/mol. The molecule has 4 fully saturated rings. The number of carbonyl (C=O) groups excluding carboxylic acids is 1. The van der Waals surface area contributed by atoms with Gasteiger partial charge in [-0.1, -0.05) is 6.42 Å². The van der Waals surface area contributed by atoms with Gasteiger partial charge in [-0.05, 0) is 56.2 Å². The fraction of sp³-hybridized carbons (Fsp3) is 0.882. The van der Waals surface area contributed by atoms with Gasteiger partial charge >= 0.3 is 0 Å². The highest BCUT2D eigenvalue weighted by Gasteiger charge is 2.40. The van der Waals surface area contributed by atoms with Crippen molar-refractivity contribution in [1.29, 1.82) is 0 Å². The van der Waals surface area contributed by atoms with Crippen LogP contribution in [0.15, 0.2) is 0 Å². The number of nitrogens with zero attached hydrogens (tertiary/aromatic N) is 2. The molecule has 2 saturated carbocycles. The number of thiocarbonyl (C=S) groups is 1. The highest BCUT2D eigenvalue weighted by Crippen LogP contribution is 2.44. The molecule has 6 heteroatoms. The van der Waals surface area contributed by atoms with Gasteiger partial charge in [-0.25, -0.2) is 0 Å². The summed E-state index contributed by atoms with van der Waals surface area (Å²) in [6, 6.07) is 0.591. The minimum absolute atomic E-state index is 0.175. The van der Waals surface area contributed by atoms with Crippen LogP contribution in [-0.2, 0) is 9.53 Å². The zero-order valence-electron chi connectivity index (χ0n) is 13.7. The zero-order chi connectivity index (χ0) is 15.8. The standard InChI is InChI=1S/C17H27N3O2S/c21-16(15-2-1-9-22-15)19-5-7-20(8-6-19)17(23)18-14-11-12-3-4-13(14)10-12/h12-15H,1-11H2,(H,18,23)/t12-,13-,14+,15+/m1/s1. The summed E-state index contributed by atoms with van der Waals surface area (Å²) in [5.74, 6) is 1.94. The lowest BCUT2D eigenvalue weighted by Gasteiger charge is -2.38. The monoisotopic (exact) mass is 337 g/mol. The molecule has 5 nitrogen and oxygen atoms in total. The van der Waals surface area contributed by atoms with Crippen molar-refractivity contribution in [2.45, 2.75) is 50.7 Å². The minimum atomic E-state index is -0.194. The van der Waals surface area contributed by atoms with Gasteiger partial charge < -0.3 is 19.9 Å². The second-order valence-electron chi connectivity index (χ2n) is 7.54. The van der Waals surface area contributed by atoms with E-state index in [0.29, 0.717) is 6.04 Å². The van der Waals surface area contributed by atoms with Gasteiger partial charge in [-0.3, -0.25) is 4.79 Å². The molecule has 0 unspecified atom stereocenters. The normalized spacial score (nSPS) is 36.5. The Balaban J connectivity index is 1.24. The van der Waals surface area contributed by atoms with Crippen LogP contribution in [-0.4, -0.2) is 65.8 Å². The first kappa shape index (κ1) is 15.6. The largest absolute Gasteiger partial charge is 0.368 e. The fourth-order valence-corrected chi connectivity index (χ4v) is 5.11. The molecule has 23 heavy (non-hydrogen) atoms. The van der Waals surface area contributed by atoms with E-state index >= 15 is 0 Å². The third kappa shape index (κ3) is 3.20. The Bertz CT molecular complexity index is 472. The summed E-state index contributed by atoms with van der Waals surface area (Å²) in [5.41, 5.74) is 0. The van der Waals surface area contributed by atoms with Crippen LogP contribution < -0.4 is 5.32 Å². The topological polar surface area (TPSA) is 44.8 Å². The number of fused-ring (bicyclic) bond motifs is 2. The van der Waals surface area contributed by atoms with Crippen LogP contribution in [0.3, 0.4) is 0 Å². The van der Waals surface area contributed by atoms with Crippen LogP contribution in [0.2, 0.25) is 0 Å². The number of piperazine rings is 1. The van der Waals surface area contributed by atoms with Crippen LogP contribution in [0, 0.1) is 11.8 Å². The van der Waals surface area contributed by atoms with Gasteiger partial charge in [0.1, 0.15) is 6.10 Å². The van der Waals surface area contributed by atoms with Gasteiger partial charge in [0.05, 0.1) is 0 Å².